The van der Waals surface area contributed by atoms with Crippen molar-refractivity contribution in [2.45, 2.75) is 32.6 Å². The number of methoxy groups -OCH3 is 1. The van der Waals surface area contributed by atoms with Gasteiger partial charge in [-0.25, -0.2) is 9.18 Å². The lowest BCUT2D eigenvalue weighted by Crippen LogP contribution is -2.63. The first kappa shape index (κ1) is 21.9. The molecule has 2 aliphatic rings. The number of hydrogen-bond acceptors (Lipinski definition) is 5. The number of carbonyl (C=O) groups excluding carboxylic acids is 3. The van der Waals surface area contributed by atoms with Crippen LogP contribution in [0.3, 0.4) is 0 Å². The molecular formula is C24H26FN3O4. The number of halogens is 1. The molecule has 4 rings (SSSR count). The van der Waals surface area contributed by atoms with Crippen molar-refractivity contribution in [3.8, 4) is 17.0 Å². The van der Waals surface area contributed by atoms with Crippen molar-refractivity contribution in [2.75, 3.05) is 26.7 Å². The molecule has 32 heavy (non-hydrogen) atoms. The summed E-state index contributed by atoms with van der Waals surface area (Å²) in [5.41, 5.74) is 2.13. The Morgan fingerprint density at radius 1 is 1.25 bits per heavy atom. The van der Waals surface area contributed by atoms with Crippen LogP contribution >= 0.6 is 0 Å². The molecule has 2 aromatic rings. The highest BCUT2D eigenvalue weighted by Gasteiger charge is 2.53. The number of Topliss-reactive ketones (excluding diaryl/α,β-unsaturated/α-hetero) is 2. The molecule has 8 heteroatoms. The van der Waals surface area contributed by atoms with Crippen LogP contribution in [-0.4, -0.2) is 54.2 Å². The Morgan fingerprint density at radius 3 is 2.50 bits per heavy atom. The molecule has 1 aliphatic heterocycles. The van der Waals surface area contributed by atoms with E-state index in [1.807, 2.05) is 19.9 Å². The summed E-state index contributed by atoms with van der Waals surface area (Å²) in [5, 5.41) is 2.75. The summed E-state index contributed by atoms with van der Waals surface area (Å²) < 4.78 is 18.8. The van der Waals surface area contributed by atoms with E-state index in [0.717, 1.165) is 11.8 Å². The Bertz CT molecular complexity index is 1060. The Hall–Kier alpha value is -3.29. The SMILES string of the molecule is CCNC(=O)N1CC2(CC(=O)C(c3c(C)cc(-c4ccc(F)cn4)cc3OC)C(=O)C2)C1. The van der Waals surface area contributed by atoms with Crippen LogP contribution in [0.5, 0.6) is 5.75 Å². The minimum Gasteiger partial charge on any atom is -0.496 e. The number of hydrogen-bond donors (Lipinski definition) is 1. The number of aryl methyl sites for hydroxylation is 1. The zero-order valence-electron chi connectivity index (χ0n) is 18.4. The third-order valence-corrected chi connectivity index (χ3v) is 6.29. The minimum absolute atomic E-state index is 0.147. The second kappa shape index (κ2) is 8.33. The second-order valence-electron chi connectivity index (χ2n) is 8.68. The molecule has 2 fully saturated rings. The topological polar surface area (TPSA) is 88.6 Å². The van der Waals surface area contributed by atoms with Crippen molar-refractivity contribution < 1.29 is 23.5 Å². The Labute approximate surface area is 186 Å². The molecule has 2 heterocycles. The number of aromatic nitrogens is 1. The molecule has 168 valence electrons. The van der Waals surface area contributed by atoms with Gasteiger partial charge in [0.25, 0.3) is 0 Å². The number of pyridine rings is 1. The first-order valence-electron chi connectivity index (χ1n) is 10.7. The summed E-state index contributed by atoms with van der Waals surface area (Å²) in [6.07, 6.45) is 1.65. The van der Waals surface area contributed by atoms with Crippen LogP contribution in [0.1, 0.15) is 36.8 Å². The van der Waals surface area contributed by atoms with Gasteiger partial charge in [0.15, 0.2) is 0 Å². The van der Waals surface area contributed by atoms with Crippen LogP contribution in [0.25, 0.3) is 11.3 Å². The third-order valence-electron chi connectivity index (χ3n) is 6.29. The number of carbonyl (C=O) groups is 3. The molecule has 0 unspecified atom stereocenters. The standard InChI is InChI=1S/C24H26FN3O4/c1-4-26-23(31)28-12-24(13-28)9-18(29)22(19(30)10-24)21-14(2)7-15(8-20(21)32-3)17-6-5-16(25)11-27-17/h5-8,11,22H,4,9-10,12-13H2,1-3H3,(H,26,31). The van der Waals surface area contributed by atoms with Gasteiger partial charge in [-0.2, -0.15) is 0 Å². The number of urea groups is 1. The van der Waals surface area contributed by atoms with E-state index in [1.165, 1.54) is 13.2 Å². The highest BCUT2D eigenvalue weighted by molar-refractivity contribution is 6.11. The molecule has 1 N–H and O–H groups in total. The lowest BCUT2D eigenvalue weighted by atomic mass is 9.63. The van der Waals surface area contributed by atoms with Gasteiger partial charge in [0.1, 0.15) is 29.1 Å². The number of nitrogens with zero attached hydrogens (tertiary/aromatic N) is 2. The summed E-state index contributed by atoms with van der Waals surface area (Å²) >= 11 is 0. The number of likely N-dealkylation sites (tertiary alicyclic amines) is 1. The third kappa shape index (κ3) is 3.85. The zero-order chi connectivity index (χ0) is 23.0. The summed E-state index contributed by atoms with van der Waals surface area (Å²) in [6.45, 7) is 5.03. The van der Waals surface area contributed by atoms with E-state index < -0.39 is 17.2 Å². The van der Waals surface area contributed by atoms with Crippen molar-refractivity contribution in [1.29, 1.82) is 0 Å². The maximum Gasteiger partial charge on any atom is 0.317 e. The molecule has 0 radical (unpaired) electrons. The molecular weight excluding hydrogens is 413 g/mol. The fourth-order valence-electron chi connectivity index (χ4n) is 4.90. The lowest BCUT2D eigenvalue weighted by Gasteiger charge is -2.52. The molecule has 1 saturated carbocycles. The number of rotatable bonds is 4. The van der Waals surface area contributed by atoms with Gasteiger partial charge in [0.05, 0.1) is 19.0 Å². The van der Waals surface area contributed by atoms with Gasteiger partial charge in [-0.15, -0.1) is 0 Å². The predicted molar refractivity (Wildman–Crippen MR) is 116 cm³/mol. The van der Waals surface area contributed by atoms with E-state index in [1.54, 1.807) is 17.0 Å². The predicted octanol–water partition coefficient (Wildman–Crippen LogP) is 3.25. The van der Waals surface area contributed by atoms with Crippen molar-refractivity contribution in [3.63, 3.8) is 0 Å². The van der Waals surface area contributed by atoms with Crippen LogP contribution < -0.4 is 10.1 Å². The van der Waals surface area contributed by atoms with Crippen molar-refractivity contribution in [3.05, 3.63) is 47.4 Å². The van der Waals surface area contributed by atoms with Gasteiger partial charge in [-0.3, -0.25) is 14.6 Å². The smallest absolute Gasteiger partial charge is 0.317 e. The first-order chi connectivity index (χ1) is 15.3. The summed E-state index contributed by atoms with van der Waals surface area (Å²) in [7, 11) is 1.50. The minimum atomic E-state index is -0.885. The monoisotopic (exact) mass is 439 g/mol. The largest absolute Gasteiger partial charge is 0.496 e. The molecule has 1 saturated heterocycles. The van der Waals surface area contributed by atoms with Gasteiger partial charge in [0.2, 0.25) is 0 Å². The second-order valence-corrected chi connectivity index (χ2v) is 8.68. The van der Waals surface area contributed by atoms with Gasteiger partial charge < -0.3 is 15.0 Å². The van der Waals surface area contributed by atoms with Crippen LogP contribution in [-0.2, 0) is 9.59 Å². The number of nitrogens with one attached hydrogen (secondary N) is 1. The summed E-state index contributed by atoms with van der Waals surface area (Å²) in [4.78, 5) is 44.1. The number of benzene rings is 1. The van der Waals surface area contributed by atoms with Gasteiger partial charge in [-0.05, 0) is 43.7 Å². The highest BCUT2D eigenvalue weighted by atomic mass is 19.1. The van der Waals surface area contributed by atoms with Crippen molar-refractivity contribution >= 4 is 17.6 Å². The van der Waals surface area contributed by atoms with Crippen LogP contribution in [0.4, 0.5) is 9.18 Å². The van der Waals surface area contributed by atoms with E-state index in [4.69, 9.17) is 4.74 Å². The van der Waals surface area contributed by atoms with E-state index in [2.05, 4.69) is 10.3 Å². The van der Waals surface area contributed by atoms with E-state index >= 15 is 0 Å². The fraction of sp³-hybridized carbons (Fsp3) is 0.417. The van der Waals surface area contributed by atoms with Crippen LogP contribution in [0, 0.1) is 18.2 Å². The van der Waals surface area contributed by atoms with Gasteiger partial charge >= 0.3 is 6.03 Å². The van der Waals surface area contributed by atoms with Gasteiger partial charge in [0, 0.05) is 49.0 Å². The Balaban J connectivity index is 1.59. The van der Waals surface area contributed by atoms with Crippen LogP contribution in [0.15, 0.2) is 30.5 Å². The number of ether oxygens (including phenoxy) is 1. The lowest BCUT2D eigenvalue weighted by molar-refractivity contribution is -0.141. The molecule has 1 spiro atoms. The molecule has 1 aromatic heterocycles. The number of amides is 2. The van der Waals surface area contributed by atoms with Crippen LogP contribution in [0.2, 0.25) is 0 Å². The average Bonchev–Trinajstić information content (AvgIpc) is 2.72. The molecule has 0 bridgehead atoms. The molecule has 2 amide bonds. The summed E-state index contributed by atoms with van der Waals surface area (Å²) in [6, 6.07) is 6.30. The quantitative estimate of drug-likeness (QED) is 0.739. The Morgan fingerprint density at radius 2 is 1.94 bits per heavy atom. The molecule has 1 aromatic carbocycles. The van der Waals surface area contributed by atoms with E-state index in [9.17, 15) is 18.8 Å². The first-order valence-corrected chi connectivity index (χ1v) is 10.7. The number of ketones is 2. The summed E-state index contributed by atoms with van der Waals surface area (Å²) in [5.74, 6) is -1.17. The fourth-order valence-corrected chi connectivity index (χ4v) is 4.90. The zero-order valence-corrected chi connectivity index (χ0v) is 18.4. The average molecular weight is 439 g/mol. The van der Waals surface area contributed by atoms with Crippen molar-refractivity contribution in [1.82, 2.24) is 15.2 Å². The maximum absolute atomic E-state index is 13.2. The highest BCUT2D eigenvalue weighted by Crippen LogP contribution is 2.47. The van der Waals surface area contributed by atoms with E-state index in [0.29, 0.717) is 42.2 Å². The maximum atomic E-state index is 13.2. The molecule has 0 atom stereocenters. The molecule has 1 aliphatic carbocycles. The molecule has 7 nitrogen and oxygen atoms in total. The van der Waals surface area contributed by atoms with Crippen molar-refractivity contribution in [2.24, 2.45) is 5.41 Å². The van der Waals surface area contributed by atoms with E-state index in [-0.39, 0.29) is 30.4 Å². The van der Waals surface area contributed by atoms with Gasteiger partial charge in [-0.1, -0.05) is 0 Å². The normalized spacial score (nSPS) is 17.9. The Kier molecular flexibility index (Phi) is 5.71.